The fourth-order valence-corrected chi connectivity index (χ4v) is 2.46. The molecule has 2 rings (SSSR count). The van der Waals surface area contributed by atoms with Gasteiger partial charge in [-0.05, 0) is 42.5 Å². The van der Waals surface area contributed by atoms with E-state index in [1.165, 1.54) is 20.3 Å². The molecule has 0 saturated carbocycles. The quantitative estimate of drug-likeness (QED) is 0.589. The van der Waals surface area contributed by atoms with Crippen molar-refractivity contribution < 1.29 is 23.9 Å². The van der Waals surface area contributed by atoms with Crippen LogP contribution >= 0.6 is 11.6 Å². The Morgan fingerprint density at radius 2 is 1.69 bits per heavy atom. The molecule has 26 heavy (non-hydrogen) atoms. The van der Waals surface area contributed by atoms with Crippen LogP contribution < -0.4 is 10.1 Å². The maximum absolute atomic E-state index is 12.3. The summed E-state index contributed by atoms with van der Waals surface area (Å²) in [7, 11) is 2.76. The number of hydrogen-bond donors (Lipinski definition) is 1. The second-order valence-electron chi connectivity index (χ2n) is 5.38. The van der Waals surface area contributed by atoms with Gasteiger partial charge in [-0.3, -0.25) is 9.59 Å². The Morgan fingerprint density at radius 3 is 2.31 bits per heavy atom. The van der Waals surface area contributed by atoms with E-state index in [4.69, 9.17) is 16.3 Å². The van der Waals surface area contributed by atoms with Crippen LogP contribution in [0, 0.1) is 0 Å². The first-order valence-electron chi connectivity index (χ1n) is 7.79. The average molecular weight is 376 g/mol. The zero-order chi connectivity index (χ0) is 19.1. The minimum absolute atomic E-state index is 0.00720. The number of hydrogen-bond acceptors (Lipinski definition) is 5. The molecule has 1 N–H and O–H groups in total. The zero-order valence-corrected chi connectivity index (χ0v) is 15.1. The van der Waals surface area contributed by atoms with Gasteiger partial charge in [-0.25, -0.2) is 4.79 Å². The Hall–Kier alpha value is -2.86. The van der Waals surface area contributed by atoms with Gasteiger partial charge in [0.2, 0.25) is 5.91 Å². The molecule has 0 spiro atoms. The predicted molar refractivity (Wildman–Crippen MR) is 98.0 cm³/mol. The fourth-order valence-electron chi connectivity index (χ4n) is 2.29. The van der Waals surface area contributed by atoms with Crippen LogP contribution in [-0.2, 0) is 9.53 Å². The summed E-state index contributed by atoms with van der Waals surface area (Å²) >= 11 is 5.91. The van der Waals surface area contributed by atoms with E-state index in [1.807, 2.05) is 0 Å². The summed E-state index contributed by atoms with van der Waals surface area (Å²) in [5.41, 5.74) is 1.25. The Balaban J connectivity index is 1.93. The van der Waals surface area contributed by atoms with E-state index in [0.29, 0.717) is 27.6 Å². The first-order chi connectivity index (χ1) is 12.4. The molecule has 0 saturated heterocycles. The zero-order valence-electron chi connectivity index (χ0n) is 14.4. The molecule has 2 aromatic rings. The van der Waals surface area contributed by atoms with Crippen molar-refractivity contribution in [2.75, 3.05) is 19.5 Å². The topological polar surface area (TPSA) is 81.7 Å². The van der Waals surface area contributed by atoms with Crippen molar-refractivity contribution in [2.45, 2.75) is 12.8 Å². The second-order valence-corrected chi connectivity index (χ2v) is 5.82. The number of benzene rings is 2. The molecule has 7 heteroatoms. The van der Waals surface area contributed by atoms with Gasteiger partial charge in [0.1, 0.15) is 5.75 Å². The van der Waals surface area contributed by atoms with Crippen LogP contribution in [0.5, 0.6) is 5.75 Å². The summed E-state index contributed by atoms with van der Waals surface area (Å²) in [5, 5.41) is 3.09. The van der Waals surface area contributed by atoms with Crippen LogP contribution in [0.4, 0.5) is 5.69 Å². The highest BCUT2D eigenvalue weighted by Gasteiger charge is 2.15. The first-order valence-corrected chi connectivity index (χ1v) is 8.17. The number of esters is 1. The van der Waals surface area contributed by atoms with Gasteiger partial charge in [0, 0.05) is 23.6 Å². The number of amides is 1. The van der Waals surface area contributed by atoms with E-state index in [9.17, 15) is 14.4 Å². The lowest BCUT2D eigenvalue weighted by atomic mass is 10.1. The van der Waals surface area contributed by atoms with Gasteiger partial charge in [0.15, 0.2) is 5.78 Å². The van der Waals surface area contributed by atoms with Crippen LogP contribution in [0.25, 0.3) is 0 Å². The van der Waals surface area contributed by atoms with Gasteiger partial charge in [-0.15, -0.1) is 0 Å². The number of carbonyl (C=O) groups is 3. The summed E-state index contributed by atoms with van der Waals surface area (Å²) in [6, 6.07) is 11.0. The third-order valence-corrected chi connectivity index (χ3v) is 3.87. The largest absolute Gasteiger partial charge is 0.496 e. The highest BCUT2D eigenvalue weighted by atomic mass is 35.5. The van der Waals surface area contributed by atoms with Crippen LogP contribution in [0.15, 0.2) is 42.5 Å². The molecule has 2 aromatic carbocycles. The Labute approximate surface area is 156 Å². The van der Waals surface area contributed by atoms with E-state index in [-0.39, 0.29) is 24.5 Å². The molecule has 0 aliphatic carbocycles. The van der Waals surface area contributed by atoms with Gasteiger partial charge in [-0.1, -0.05) is 11.6 Å². The Morgan fingerprint density at radius 1 is 1.00 bits per heavy atom. The maximum atomic E-state index is 12.3. The first kappa shape index (κ1) is 19.5. The number of halogens is 1. The predicted octanol–water partition coefficient (Wildman–Crippen LogP) is 3.74. The molecule has 136 valence electrons. The van der Waals surface area contributed by atoms with E-state index in [2.05, 4.69) is 10.1 Å². The van der Waals surface area contributed by atoms with E-state index < -0.39 is 5.97 Å². The third kappa shape index (κ3) is 5.07. The number of carbonyl (C=O) groups excluding carboxylic acids is 3. The summed E-state index contributed by atoms with van der Waals surface area (Å²) in [5.74, 6) is -0.590. The van der Waals surface area contributed by atoms with Gasteiger partial charge in [0.05, 0.1) is 25.3 Å². The number of anilines is 1. The van der Waals surface area contributed by atoms with Crippen molar-refractivity contribution in [2.24, 2.45) is 0 Å². The van der Waals surface area contributed by atoms with Crippen molar-refractivity contribution in [1.82, 2.24) is 0 Å². The molecule has 0 aromatic heterocycles. The molecule has 0 aliphatic rings. The van der Waals surface area contributed by atoms with E-state index >= 15 is 0 Å². The number of ether oxygens (including phenoxy) is 2. The SMILES string of the molecule is COC(=O)c1ccc(NC(=O)CCC(=O)c2cc(Cl)ccc2OC)cc1. The van der Waals surface area contributed by atoms with Crippen LogP contribution in [0.2, 0.25) is 5.02 Å². The monoisotopic (exact) mass is 375 g/mol. The van der Waals surface area contributed by atoms with Crippen LogP contribution in [0.3, 0.4) is 0 Å². The highest BCUT2D eigenvalue weighted by Crippen LogP contribution is 2.24. The molecule has 0 bridgehead atoms. The standard InChI is InChI=1S/C19H18ClNO5/c1-25-17-9-5-13(20)11-15(17)16(22)8-10-18(23)21-14-6-3-12(4-7-14)19(24)26-2/h3-7,9,11H,8,10H2,1-2H3,(H,21,23). The lowest BCUT2D eigenvalue weighted by molar-refractivity contribution is -0.116. The molecule has 0 fully saturated rings. The van der Waals surface area contributed by atoms with Crippen molar-refractivity contribution in [3.8, 4) is 5.75 Å². The Bertz CT molecular complexity index is 817. The minimum atomic E-state index is -0.455. The van der Waals surface area contributed by atoms with Crippen molar-refractivity contribution in [3.63, 3.8) is 0 Å². The van der Waals surface area contributed by atoms with Gasteiger partial charge in [0.25, 0.3) is 0 Å². The van der Waals surface area contributed by atoms with E-state index in [1.54, 1.807) is 36.4 Å². The molecule has 0 heterocycles. The minimum Gasteiger partial charge on any atom is -0.496 e. The lowest BCUT2D eigenvalue weighted by Crippen LogP contribution is -2.14. The number of ketones is 1. The Kier molecular flexibility index (Phi) is 6.74. The number of Topliss-reactive ketones (excluding diaryl/α,β-unsaturated/α-hetero) is 1. The average Bonchev–Trinajstić information content (AvgIpc) is 2.66. The number of rotatable bonds is 7. The molecule has 0 radical (unpaired) electrons. The molecule has 1 amide bonds. The third-order valence-electron chi connectivity index (χ3n) is 3.63. The lowest BCUT2D eigenvalue weighted by Gasteiger charge is -2.09. The van der Waals surface area contributed by atoms with E-state index in [0.717, 1.165) is 0 Å². The molecule has 6 nitrogen and oxygen atoms in total. The second kappa shape index (κ2) is 9.01. The maximum Gasteiger partial charge on any atom is 0.337 e. The molecule has 0 atom stereocenters. The van der Waals surface area contributed by atoms with Crippen LogP contribution in [-0.4, -0.2) is 31.9 Å². The molecular weight excluding hydrogens is 358 g/mol. The highest BCUT2D eigenvalue weighted by molar-refractivity contribution is 6.31. The van der Waals surface area contributed by atoms with Gasteiger partial charge >= 0.3 is 5.97 Å². The molecule has 0 aliphatic heterocycles. The number of nitrogens with one attached hydrogen (secondary N) is 1. The number of methoxy groups -OCH3 is 2. The normalized spacial score (nSPS) is 10.1. The summed E-state index contributed by atoms with van der Waals surface area (Å²) in [6.45, 7) is 0. The van der Waals surface area contributed by atoms with Crippen LogP contribution in [0.1, 0.15) is 33.6 Å². The molecular formula is C19H18ClNO5. The summed E-state index contributed by atoms with van der Waals surface area (Å²) in [4.78, 5) is 35.7. The van der Waals surface area contributed by atoms with Crippen molar-refractivity contribution >= 4 is 34.9 Å². The summed E-state index contributed by atoms with van der Waals surface area (Å²) < 4.78 is 9.75. The van der Waals surface area contributed by atoms with Crippen molar-refractivity contribution in [1.29, 1.82) is 0 Å². The summed E-state index contributed by atoms with van der Waals surface area (Å²) in [6.07, 6.45) is 0.0238. The molecule has 0 unspecified atom stereocenters. The smallest absolute Gasteiger partial charge is 0.337 e. The van der Waals surface area contributed by atoms with Gasteiger partial charge < -0.3 is 14.8 Å². The fraction of sp³-hybridized carbons (Fsp3) is 0.211. The van der Waals surface area contributed by atoms with Crippen molar-refractivity contribution in [3.05, 3.63) is 58.6 Å². The van der Waals surface area contributed by atoms with Gasteiger partial charge in [-0.2, -0.15) is 0 Å².